The molecule has 120 valence electrons. The summed E-state index contributed by atoms with van der Waals surface area (Å²) >= 11 is 12.3. The minimum Gasteiger partial charge on any atom is -0.504 e. The molecule has 3 N–H and O–H groups in total. The van der Waals surface area contributed by atoms with E-state index in [1.807, 2.05) is 13.0 Å². The molecule has 6 nitrogen and oxygen atoms in total. The first kappa shape index (κ1) is 17.0. The second kappa shape index (κ2) is 6.41. The van der Waals surface area contributed by atoms with Crippen LogP contribution in [-0.2, 0) is 11.2 Å². The van der Waals surface area contributed by atoms with Crippen molar-refractivity contribution in [2.75, 3.05) is 12.8 Å². The number of hydrogen-bond donors (Lipinski definition) is 2. The molecule has 1 heterocycles. The van der Waals surface area contributed by atoms with Crippen LogP contribution in [0.1, 0.15) is 28.5 Å². The lowest BCUT2D eigenvalue weighted by atomic mass is 10.1. The lowest BCUT2D eigenvalue weighted by molar-refractivity contribution is 0.0593. The number of hydrogen-bond acceptors (Lipinski definition) is 5. The van der Waals surface area contributed by atoms with E-state index in [0.29, 0.717) is 17.0 Å². The number of phenols is 1. The maximum absolute atomic E-state index is 12.0. The van der Waals surface area contributed by atoms with Crippen LogP contribution >= 0.6 is 23.2 Å². The third-order valence-corrected chi connectivity index (χ3v) is 4.17. The van der Waals surface area contributed by atoms with Gasteiger partial charge in [-0.15, -0.1) is 0 Å². The van der Waals surface area contributed by atoms with Crippen LogP contribution < -0.4 is 5.73 Å². The van der Waals surface area contributed by atoms with Crippen LogP contribution in [0.2, 0.25) is 10.0 Å². The summed E-state index contributed by atoms with van der Waals surface area (Å²) in [6.07, 6.45) is 1.83. The molecule has 1 aromatic carbocycles. The highest BCUT2D eigenvalue weighted by Crippen LogP contribution is 2.40. The normalized spacial score (nSPS) is 10.4. The fourth-order valence-electron chi connectivity index (χ4n) is 2.25. The van der Waals surface area contributed by atoms with Gasteiger partial charge < -0.3 is 20.1 Å². The number of anilines is 1. The number of aromatic nitrogens is 1. The summed E-state index contributed by atoms with van der Waals surface area (Å²) < 4.78 is 5.93. The Morgan fingerprint density at radius 1 is 1.52 bits per heavy atom. The molecule has 0 bridgehead atoms. The highest BCUT2D eigenvalue weighted by molar-refractivity contribution is 6.37. The van der Waals surface area contributed by atoms with Gasteiger partial charge in [0.15, 0.2) is 11.4 Å². The fraction of sp³-hybridized carbons (Fsp3) is 0.200. The largest absolute Gasteiger partial charge is 0.504 e. The molecule has 0 aliphatic heterocycles. The number of nitrogen functional groups attached to an aromatic ring is 1. The number of rotatable bonds is 3. The third-order valence-electron chi connectivity index (χ3n) is 3.42. The molecule has 0 saturated heterocycles. The molecule has 0 unspecified atom stereocenters. The number of benzene rings is 1. The van der Waals surface area contributed by atoms with E-state index in [4.69, 9.17) is 34.2 Å². The Kier molecular flexibility index (Phi) is 4.73. The molecule has 0 radical (unpaired) electrons. The molecule has 0 spiro atoms. The predicted molar refractivity (Wildman–Crippen MR) is 87.3 cm³/mol. The standard InChI is InChI=1S/C15H13Cl2N3O3/c1-3-8-9(16)4-10(14(21)11(8)17)20-6-7(5-18)12(19)13(20)15(22)23-2/h4,6,21H,3,19H2,1-2H3. The van der Waals surface area contributed by atoms with Gasteiger partial charge in [0.2, 0.25) is 0 Å². The van der Waals surface area contributed by atoms with E-state index in [0.717, 1.165) is 0 Å². The van der Waals surface area contributed by atoms with E-state index in [-0.39, 0.29) is 33.4 Å². The summed E-state index contributed by atoms with van der Waals surface area (Å²) in [5, 5.41) is 19.9. The number of esters is 1. The Labute approximate surface area is 142 Å². The Morgan fingerprint density at radius 3 is 2.70 bits per heavy atom. The van der Waals surface area contributed by atoms with Gasteiger partial charge in [-0.05, 0) is 18.1 Å². The number of carbonyl (C=O) groups is 1. The van der Waals surface area contributed by atoms with Crippen molar-refractivity contribution in [3.05, 3.63) is 39.1 Å². The first-order valence-electron chi connectivity index (χ1n) is 6.56. The molecule has 0 amide bonds. The van der Waals surface area contributed by atoms with E-state index in [9.17, 15) is 9.90 Å². The van der Waals surface area contributed by atoms with Crippen LogP contribution in [-0.4, -0.2) is 22.8 Å². The number of halogens is 2. The number of nitriles is 1. The molecule has 8 heteroatoms. The van der Waals surface area contributed by atoms with E-state index < -0.39 is 5.97 Å². The van der Waals surface area contributed by atoms with Gasteiger partial charge >= 0.3 is 5.97 Å². The SMILES string of the molecule is CCc1c(Cl)cc(-n2cc(C#N)c(N)c2C(=O)OC)c(O)c1Cl. The van der Waals surface area contributed by atoms with Crippen molar-refractivity contribution in [3.8, 4) is 17.5 Å². The number of ether oxygens (including phenoxy) is 1. The second-order valence-electron chi connectivity index (χ2n) is 4.65. The lowest BCUT2D eigenvalue weighted by Crippen LogP contribution is -2.11. The Bertz CT molecular complexity index is 838. The number of nitrogens with two attached hydrogens (primary N) is 1. The first-order valence-corrected chi connectivity index (χ1v) is 7.32. The number of nitrogens with zero attached hydrogens (tertiary/aromatic N) is 2. The fourth-order valence-corrected chi connectivity index (χ4v) is 2.96. The van der Waals surface area contributed by atoms with Gasteiger partial charge in [-0.3, -0.25) is 0 Å². The van der Waals surface area contributed by atoms with E-state index in [2.05, 4.69) is 4.74 Å². The van der Waals surface area contributed by atoms with Gasteiger partial charge in [0.1, 0.15) is 6.07 Å². The first-order chi connectivity index (χ1) is 10.9. The summed E-state index contributed by atoms with van der Waals surface area (Å²) in [5.74, 6) is -1.02. The van der Waals surface area contributed by atoms with E-state index >= 15 is 0 Å². The van der Waals surface area contributed by atoms with Crippen molar-refractivity contribution in [2.24, 2.45) is 0 Å². The molecule has 0 atom stereocenters. The minimum atomic E-state index is -0.754. The summed E-state index contributed by atoms with van der Waals surface area (Å²) in [6, 6.07) is 3.33. The lowest BCUT2D eigenvalue weighted by Gasteiger charge is -2.14. The molecule has 2 rings (SSSR count). The Hall–Kier alpha value is -2.36. The average molecular weight is 354 g/mol. The molecular weight excluding hydrogens is 341 g/mol. The highest BCUT2D eigenvalue weighted by atomic mass is 35.5. The zero-order valence-corrected chi connectivity index (χ0v) is 13.9. The summed E-state index contributed by atoms with van der Waals surface area (Å²) in [5.41, 5.74) is 6.46. The van der Waals surface area contributed by atoms with Crippen LogP contribution in [0, 0.1) is 11.3 Å². The molecule has 0 fully saturated rings. The number of methoxy groups -OCH3 is 1. The third kappa shape index (κ3) is 2.69. The maximum atomic E-state index is 12.0. The predicted octanol–water partition coefficient (Wildman–Crippen LogP) is 3.29. The molecule has 2 aromatic rings. The smallest absolute Gasteiger partial charge is 0.357 e. The van der Waals surface area contributed by atoms with Crippen molar-refractivity contribution in [1.82, 2.24) is 4.57 Å². The minimum absolute atomic E-state index is 0.0504. The van der Waals surface area contributed by atoms with Crippen LogP contribution in [0.15, 0.2) is 12.3 Å². The summed E-state index contributed by atoms with van der Waals surface area (Å²) in [6.45, 7) is 1.84. The summed E-state index contributed by atoms with van der Waals surface area (Å²) in [7, 11) is 1.19. The Morgan fingerprint density at radius 2 is 2.17 bits per heavy atom. The molecule has 0 saturated carbocycles. The molecule has 0 aliphatic rings. The number of carbonyl (C=O) groups excluding carboxylic acids is 1. The Balaban J connectivity index is 2.83. The van der Waals surface area contributed by atoms with Crippen molar-refractivity contribution in [1.29, 1.82) is 5.26 Å². The number of phenolic OH excluding ortho intramolecular Hbond substituents is 1. The van der Waals surface area contributed by atoms with Crippen molar-refractivity contribution < 1.29 is 14.6 Å². The van der Waals surface area contributed by atoms with Gasteiger partial charge in [0.25, 0.3) is 0 Å². The molecule has 0 aliphatic carbocycles. The number of aromatic hydroxyl groups is 1. The monoisotopic (exact) mass is 353 g/mol. The topological polar surface area (TPSA) is 101 Å². The van der Waals surface area contributed by atoms with E-state index in [1.54, 1.807) is 0 Å². The average Bonchev–Trinajstić information content (AvgIpc) is 2.87. The summed E-state index contributed by atoms with van der Waals surface area (Å²) in [4.78, 5) is 12.0. The zero-order chi connectivity index (χ0) is 17.3. The van der Waals surface area contributed by atoms with Crippen molar-refractivity contribution in [3.63, 3.8) is 0 Å². The molecule has 1 aromatic heterocycles. The van der Waals surface area contributed by atoms with Crippen LogP contribution in [0.5, 0.6) is 5.75 Å². The molecule has 23 heavy (non-hydrogen) atoms. The van der Waals surface area contributed by atoms with Crippen LogP contribution in [0.4, 0.5) is 5.69 Å². The second-order valence-corrected chi connectivity index (χ2v) is 5.44. The zero-order valence-electron chi connectivity index (χ0n) is 12.4. The van der Waals surface area contributed by atoms with Crippen molar-refractivity contribution in [2.45, 2.75) is 13.3 Å². The van der Waals surface area contributed by atoms with Gasteiger partial charge in [-0.1, -0.05) is 30.1 Å². The van der Waals surface area contributed by atoms with Gasteiger partial charge in [-0.2, -0.15) is 5.26 Å². The van der Waals surface area contributed by atoms with Crippen LogP contribution in [0.3, 0.4) is 0 Å². The van der Waals surface area contributed by atoms with Crippen LogP contribution in [0.25, 0.3) is 5.69 Å². The van der Waals surface area contributed by atoms with Gasteiger partial charge in [-0.25, -0.2) is 4.79 Å². The quantitative estimate of drug-likeness (QED) is 0.824. The highest BCUT2D eigenvalue weighted by Gasteiger charge is 2.25. The molecular formula is C15H13Cl2N3O3. The van der Waals surface area contributed by atoms with Gasteiger partial charge in [0, 0.05) is 11.2 Å². The van der Waals surface area contributed by atoms with Crippen molar-refractivity contribution >= 4 is 34.9 Å². The van der Waals surface area contributed by atoms with Gasteiger partial charge in [0.05, 0.1) is 29.1 Å². The van der Waals surface area contributed by atoms with E-state index in [1.165, 1.54) is 23.9 Å². The maximum Gasteiger partial charge on any atom is 0.357 e.